The van der Waals surface area contributed by atoms with Crippen molar-refractivity contribution in [3.63, 3.8) is 0 Å². The van der Waals surface area contributed by atoms with Gasteiger partial charge >= 0.3 is 5.97 Å². The number of thiol groups is 1. The van der Waals surface area contributed by atoms with Crippen molar-refractivity contribution in [2.45, 2.75) is 206 Å². The molecule has 4 rings (SSSR count). The van der Waals surface area contributed by atoms with Crippen LogP contribution < -0.4 is 0 Å². The first kappa shape index (κ1) is 61.1. The van der Waals surface area contributed by atoms with E-state index in [1.54, 1.807) is 54.7 Å². The third kappa shape index (κ3) is 17.1. The number of hydrogen-bond donors (Lipinski definition) is 4. The van der Waals surface area contributed by atoms with Gasteiger partial charge in [0, 0.05) is 51.4 Å². The van der Waals surface area contributed by atoms with Crippen LogP contribution in [0.1, 0.15) is 146 Å². The maximum Gasteiger partial charge on any atom is 0.329 e. The molecule has 1 amide bonds. The first-order chi connectivity index (χ1) is 33.8. The number of amides is 1. The van der Waals surface area contributed by atoms with Crippen LogP contribution >= 0.6 is 0 Å². The average Bonchev–Trinajstić information content (AvgIpc) is 3.33. The van der Waals surface area contributed by atoms with E-state index in [1.807, 2.05) is 51.2 Å². The summed E-state index contributed by atoms with van der Waals surface area (Å²) < 4.78 is 53.5. The molecule has 3 N–H and O–H groups in total. The van der Waals surface area contributed by atoms with Crippen molar-refractivity contribution in [2.24, 2.45) is 35.5 Å². The largest absolute Gasteiger partial charge is 0.460 e. The van der Waals surface area contributed by atoms with Crippen molar-refractivity contribution in [3.8, 4) is 0 Å². The van der Waals surface area contributed by atoms with Gasteiger partial charge < -0.3 is 43.9 Å². The number of esters is 1. The monoisotopic (exact) mass is 1030 g/mol. The fraction of sp³-hybridized carbons (Fsp3) is 0.764. The molecule has 4 aliphatic rings. The van der Waals surface area contributed by atoms with Gasteiger partial charge in [-0.3, -0.25) is 19.2 Å². The summed E-state index contributed by atoms with van der Waals surface area (Å²) in [6, 6.07) is -1.19. The van der Waals surface area contributed by atoms with Crippen LogP contribution in [0.25, 0.3) is 0 Å². The molecule has 0 unspecified atom stereocenters. The molecule has 15 atom stereocenters. The number of ether oxygens (including phenoxy) is 5. The molecular weight excluding hydrogens is 947 g/mol. The van der Waals surface area contributed by atoms with E-state index in [2.05, 4.69) is 0 Å². The van der Waals surface area contributed by atoms with E-state index in [0.717, 1.165) is 10.5 Å². The summed E-state index contributed by atoms with van der Waals surface area (Å²) in [5.41, 5.74) is 0.221. The molecule has 0 aromatic rings. The number of ketones is 3. The number of Topliss-reactive ketones (excluding diaryl/α,β-unsaturated/α-hetero) is 3. The molecule has 3 fully saturated rings. The fourth-order valence-corrected chi connectivity index (χ4v) is 11.5. The zero-order valence-corrected chi connectivity index (χ0v) is 45.7. The lowest BCUT2D eigenvalue weighted by Gasteiger charge is -2.43. The molecule has 0 radical (unpaired) electrons. The molecule has 0 aromatic heterocycles. The number of fused-ring (bicyclic) bond motifs is 3. The van der Waals surface area contributed by atoms with Gasteiger partial charge in [0.2, 0.25) is 5.79 Å². The zero-order chi connectivity index (χ0) is 53.7. The van der Waals surface area contributed by atoms with Crippen molar-refractivity contribution in [2.75, 3.05) is 26.5 Å². The summed E-state index contributed by atoms with van der Waals surface area (Å²) in [6.07, 6.45) is 9.97. The van der Waals surface area contributed by atoms with Gasteiger partial charge in [0.05, 0.1) is 35.8 Å². The van der Waals surface area contributed by atoms with Crippen molar-refractivity contribution in [1.82, 2.24) is 4.90 Å². The van der Waals surface area contributed by atoms with Crippen molar-refractivity contribution < 1.29 is 71.4 Å². The molecule has 72 heavy (non-hydrogen) atoms. The predicted molar refractivity (Wildman–Crippen MR) is 273 cm³/mol. The molecule has 2 saturated heterocycles. The molecule has 408 valence electrons. The highest BCUT2D eigenvalue weighted by atomic mass is 32.2. The Hall–Kier alpha value is -3.42. The smallest absolute Gasteiger partial charge is 0.329 e. The molecule has 3 aliphatic heterocycles. The molecule has 0 aromatic carbocycles. The number of allylic oxidation sites excluding steroid dienone is 6. The fourth-order valence-electron chi connectivity index (χ4n) is 10.8. The van der Waals surface area contributed by atoms with E-state index in [-0.39, 0.29) is 73.4 Å². The van der Waals surface area contributed by atoms with Crippen molar-refractivity contribution >= 4 is 39.9 Å². The summed E-state index contributed by atoms with van der Waals surface area (Å²) in [6.45, 7) is 16.1. The van der Waals surface area contributed by atoms with Gasteiger partial charge in [0.1, 0.15) is 40.8 Å². The van der Waals surface area contributed by atoms with Crippen molar-refractivity contribution in [3.05, 3.63) is 47.6 Å². The molecule has 0 spiro atoms. The highest BCUT2D eigenvalue weighted by Gasteiger charge is 2.53. The first-order valence-electron chi connectivity index (χ1n) is 26.3. The number of carbonyl (C=O) groups is 5. The number of piperidine rings is 1. The maximum atomic E-state index is 14.5. The minimum Gasteiger partial charge on any atom is -0.460 e. The topological polar surface area (TPSA) is 230 Å². The van der Waals surface area contributed by atoms with E-state index in [9.17, 15) is 47.7 Å². The van der Waals surface area contributed by atoms with Gasteiger partial charge in [0.25, 0.3) is 11.7 Å². The Morgan fingerprint density at radius 2 is 1.60 bits per heavy atom. The van der Waals surface area contributed by atoms with Gasteiger partial charge in [-0.25, -0.2) is 13.2 Å². The number of aliphatic hydroxyl groups is 3. The number of hydrogen-bond acceptors (Lipinski definition) is 15. The second-order valence-electron chi connectivity index (χ2n) is 22.0. The van der Waals surface area contributed by atoms with Gasteiger partial charge in [-0.05, 0) is 127 Å². The SMILES string of the molecule is CO[C@@H]1C[C@H](C[C@@H](C)[C@@H]2CC(=O)[C@H](C)/C=C(\C)[C@@H](O)[C@@H](OC)C(=O)[C@H](C)C[C@H](C)/C=C/C=C/C=C(\C)[C@@H](OC(C)(C)CC[SH](=O)=O)C[C@@H]3CC[C@@H](C)[C@@](O)(O3)C(=O)C(=O)N3CCCC[C@H]3C(=O)O2)CC[C@H]1O. The van der Waals surface area contributed by atoms with Gasteiger partial charge in [-0.15, -0.1) is 0 Å². The minimum atomic E-state index is -2.66. The van der Waals surface area contributed by atoms with E-state index < -0.39 is 100 Å². The van der Waals surface area contributed by atoms with Crippen LogP contribution in [-0.4, -0.2) is 145 Å². The number of carbonyl (C=O) groups excluding carboxylic acids is 5. The average molecular weight is 1030 g/mol. The van der Waals surface area contributed by atoms with E-state index in [4.69, 9.17) is 23.7 Å². The Labute approximate surface area is 430 Å². The van der Waals surface area contributed by atoms with Crippen LogP contribution in [0.5, 0.6) is 0 Å². The normalized spacial score (nSPS) is 38.0. The lowest BCUT2D eigenvalue weighted by Crippen LogP contribution is -2.61. The zero-order valence-electron chi connectivity index (χ0n) is 44.8. The third-order valence-corrected chi connectivity index (χ3v) is 16.1. The summed E-state index contributed by atoms with van der Waals surface area (Å²) in [5, 5.41) is 34.2. The number of aliphatic hydroxyl groups excluding tert-OH is 2. The van der Waals surface area contributed by atoms with E-state index in [1.165, 1.54) is 7.11 Å². The lowest BCUT2D eigenvalue weighted by atomic mass is 9.78. The van der Waals surface area contributed by atoms with Gasteiger partial charge in [-0.2, -0.15) is 0 Å². The Morgan fingerprint density at radius 3 is 2.26 bits per heavy atom. The van der Waals surface area contributed by atoms with Crippen LogP contribution in [0.4, 0.5) is 0 Å². The Kier molecular flexibility index (Phi) is 23.7. The predicted octanol–water partition coefficient (Wildman–Crippen LogP) is 6.33. The third-order valence-electron chi connectivity index (χ3n) is 15.6. The highest BCUT2D eigenvalue weighted by Crippen LogP contribution is 2.38. The molecular formula is C55H87NO15S. The van der Waals surface area contributed by atoms with Gasteiger partial charge in [0.15, 0.2) is 5.78 Å². The second-order valence-corrected chi connectivity index (χ2v) is 23.2. The highest BCUT2D eigenvalue weighted by molar-refractivity contribution is 7.72. The van der Waals surface area contributed by atoms with E-state index >= 15 is 0 Å². The summed E-state index contributed by atoms with van der Waals surface area (Å²) >= 11 is 0. The van der Waals surface area contributed by atoms with Crippen LogP contribution in [0.2, 0.25) is 0 Å². The molecule has 1 saturated carbocycles. The number of cyclic esters (lactones) is 1. The quantitative estimate of drug-likeness (QED) is 0.0811. The van der Waals surface area contributed by atoms with Gasteiger partial charge in [-0.1, -0.05) is 71.1 Å². The lowest BCUT2D eigenvalue weighted by molar-refractivity contribution is -0.267. The van der Waals surface area contributed by atoms with Crippen LogP contribution in [0.3, 0.4) is 0 Å². The second kappa shape index (κ2) is 27.9. The summed E-state index contributed by atoms with van der Waals surface area (Å²) in [7, 11) is 0.258. The molecule has 1 aliphatic carbocycles. The molecule has 3 heterocycles. The Balaban J connectivity index is 1.75. The maximum absolute atomic E-state index is 14.5. The Bertz CT molecular complexity index is 2050. The van der Waals surface area contributed by atoms with Crippen molar-refractivity contribution in [1.29, 1.82) is 0 Å². The summed E-state index contributed by atoms with van der Waals surface area (Å²) in [4.78, 5) is 72.5. The first-order valence-corrected chi connectivity index (χ1v) is 27.6. The number of rotatable bonds is 10. The van der Waals surface area contributed by atoms with Crippen LogP contribution in [-0.2, 0) is 58.4 Å². The van der Waals surface area contributed by atoms with Crippen LogP contribution in [0, 0.1) is 35.5 Å². The molecule has 17 heteroatoms. The van der Waals surface area contributed by atoms with Crippen LogP contribution in [0.15, 0.2) is 47.6 Å². The number of methoxy groups -OCH3 is 2. The minimum absolute atomic E-state index is 0.0406. The van der Waals surface area contributed by atoms with E-state index in [0.29, 0.717) is 63.4 Å². The standard InChI is InChI=1S/C55H87NO15S/c1-33-17-13-12-14-18-34(2)46(71-54(8,9)24-26-72(65)66)31-41-22-20-39(7)55(64,70-41)51(61)52(62)56-25-16-15-19-42(56)53(63)69-45(36(4)29-40-21-23-43(57)47(30-40)67-10)32-44(58)35(3)28-38(6)49(60)50(68-11)48(59)37(5)27-33/h12-14,17-18,28,33,35-37,39-43,45-47,49-50,57,60,64,72H,15-16,19-27,29-32H2,1-11H3/b14-12+,17-13+,34-18+,38-28+/t33-,35-,36-,37-,39-,40+,41+,42+,43-,45+,46+,47-,49-,50+,55-/m1/s1. The molecule has 2 bridgehead atoms. The number of nitrogens with zero attached hydrogens (tertiary/aromatic N) is 1. The Morgan fingerprint density at radius 1 is 0.889 bits per heavy atom. The summed E-state index contributed by atoms with van der Waals surface area (Å²) in [5.74, 6) is -8.65. The molecule has 16 nitrogen and oxygen atoms in total.